The molecule has 0 aliphatic rings. The number of imidazole rings is 1. The van der Waals surface area contributed by atoms with E-state index in [2.05, 4.69) is 91.6 Å². The van der Waals surface area contributed by atoms with Gasteiger partial charge in [-0.3, -0.25) is 4.90 Å². The number of aromatic nitrogens is 2. The van der Waals surface area contributed by atoms with Gasteiger partial charge in [0.1, 0.15) is 5.65 Å². The van der Waals surface area contributed by atoms with E-state index in [1.165, 1.54) is 16.8 Å². The van der Waals surface area contributed by atoms with Gasteiger partial charge in [0.2, 0.25) is 0 Å². The van der Waals surface area contributed by atoms with Crippen molar-refractivity contribution in [1.29, 1.82) is 0 Å². The number of nitrogen functional groups attached to an aromatic ring is 1. The van der Waals surface area contributed by atoms with Gasteiger partial charge >= 0.3 is 0 Å². The first kappa shape index (κ1) is 21.1. The van der Waals surface area contributed by atoms with Crippen LogP contribution in [0.3, 0.4) is 0 Å². The summed E-state index contributed by atoms with van der Waals surface area (Å²) in [6.45, 7) is 10.6. The summed E-state index contributed by atoms with van der Waals surface area (Å²) < 4.78 is 2.15. The van der Waals surface area contributed by atoms with Gasteiger partial charge in [0.25, 0.3) is 0 Å². The second-order valence-corrected chi connectivity index (χ2v) is 8.86. The molecule has 0 saturated carbocycles. The molecule has 0 amide bonds. The van der Waals surface area contributed by atoms with Gasteiger partial charge in [-0.2, -0.15) is 0 Å². The van der Waals surface area contributed by atoms with Gasteiger partial charge in [-0.1, -0.05) is 68.4 Å². The Bertz CT molecular complexity index is 1140. The van der Waals surface area contributed by atoms with Crippen molar-refractivity contribution >= 4 is 11.3 Å². The molecule has 0 bridgehead atoms. The van der Waals surface area contributed by atoms with Gasteiger partial charge in [-0.15, -0.1) is 0 Å². The van der Waals surface area contributed by atoms with Gasteiger partial charge in [0.15, 0.2) is 0 Å². The average Bonchev–Trinajstić information content (AvgIpc) is 3.11. The quantitative estimate of drug-likeness (QED) is 0.398. The van der Waals surface area contributed by atoms with E-state index < -0.39 is 0 Å². The fourth-order valence-electron chi connectivity index (χ4n) is 3.95. The second-order valence-electron chi connectivity index (χ2n) is 8.86. The van der Waals surface area contributed by atoms with Crippen LogP contribution in [0.4, 0.5) is 5.69 Å². The summed E-state index contributed by atoms with van der Waals surface area (Å²) in [5.74, 6) is 0.511. The van der Waals surface area contributed by atoms with Gasteiger partial charge in [0.05, 0.1) is 11.4 Å². The Morgan fingerprint density at radius 1 is 0.871 bits per heavy atom. The van der Waals surface area contributed by atoms with E-state index in [1.54, 1.807) is 0 Å². The minimum absolute atomic E-state index is 0.392. The third kappa shape index (κ3) is 4.64. The molecule has 0 aliphatic carbocycles. The molecule has 31 heavy (non-hydrogen) atoms. The lowest BCUT2D eigenvalue weighted by Gasteiger charge is -2.27. The van der Waals surface area contributed by atoms with E-state index in [-0.39, 0.29) is 0 Å². The summed E-state index contributed by atoms with van der Waals surface area (Å²) >= 11 is 0. The summed E-state index contributed by atoms with van der Waals surface area (Å²) in [5, 5.41) is 0. The molecule has 0 radical (unpaired) electrons. The zero-order valence-corrected chi connectivity index (χ0v) is 18.9. The van der Waals surface area contributed by atoms with Crippen LogP contribution in [0, 0.1) is 0 Å². The fourth-order valence-corrected chi connectivity index (χ4v) is 3.95. The van der Waals surface area contributed by atoms with Crippen LogP contribution in [0.1, 0.15) is 50.4 Å². The van der Waals surface area contributed by atoms with Crippen molar-refractivity contribution in [3.8, 4) is 11.3 Å². The molecule has 2 aromatic carbocycles. The minimum Gasteiger partial charge on any atom is -0.398 e. The normalized spacial score (nSPS) is 11.8. The van der Waals surface area contributed by atoms with Crippen molar-refractivity contribution in [1.82, 2.24) is 14.3 Å². The molecule has 4 aromatic rings. The summed E-state index contributed by atoms with van der Waals surface area (Å²) in [6, 6.07) is 23.8. The second kappa shape index (κ2) is 8.94. The molecule has 0 spiro atoms. The highest BCUT2D eigenvalue weighted by molar-refractivity contribution is 5.67. The van der Waals surface area contributed by atoms with Crippen LogP contribution in [0.15, 0.2) is 72.9 Å². The molecule has 0 aliphatic heterocycles. The summed E-state index contributed by atoms with van der Waals surface area (Å²) in [5.41, 5.74) is 13.8. The van der Waals surface area contributed by atoms with Gasteiger partial charge in [-0.05, 0) is 43.0 Å². The smallest absolute Gasteiger partial charge is 0.137 e. The van der Waals surface area contributed by atoms with Crippen molar-refractivity contribution in [3.05, 3.63) is 89.7 Å². The number of anilines is 1. The Morgan fingerprint density at radius 3 is 2.23 bits per heavy atom. The largest absolute Gasteiger partial charge is 0.398 e. The monoisotopic (exact) mass is 412 g/mol. The SMILES string of the molecule is CC(C)c1ccc(-c2nc3ccc(N)cn3c2CN(Cc2ccccc2)C(C)C)cc1. The molecule has 2 N–H and O–H groups in total. The lowest BCUT2D eigenvalue weighted by molar-refractivity contribution is 0.201. The van der Waals surface area contributed by atoms with Crippen LogP contribution < -0.4 is 5.73 Å². The number of rotatable bonds is 7. The van der Waals surface area contributed by atoms with E-state index in [4.69, 9.17) is 10.7 Å². The van der Waals surface area contributed by atoms with Gasteiger partial charge in [0, 0.05) is 36.6 Å². The fraction of sp³-hybridized carbons (Fsp3) is 0.296. The molecule has 0 unspecified atom stereocenters. The number of nitrogens with two attached hydrogens (primary N) is 1. The molecular formula is C27H32N4. The molecule has 2 heterocycles. The number of fused-ring (bicyclic) bond motifs is 1. The molecule has 0 saturated heterocycles. The average molecular weight is 413 g/mol. The Labute approximate surface area is 185 Å². The van der Waals surface area contributed by atoms with Gasteiger partial charge < -0.3 is 10.1 Å². The third-order valence-electron chi connectivity index (χ3n) is 5.90. The van der Waals surface area contributed by atoms with E-state index in [9.17, 15) is 0 Å². The maximum atomic E-state index is 6.15. The molecule has 160 valence electrons. The standard InChI is InChI=1S/C27H32N4/c1-19(2)22-10-12-23(13-11-22)27-25(31-17-24(28)14-15-26(31)29-27)18-30(20(3)4)16-21-8-6-5-7-9-21/h5-15,17,19-20H,16,18,28H2,1-4H3. The van der Waals surface area contributed by atoms with E-state index >= 15 is 0 Å². The minimum atomic E-state index is 0.392. The highest BCUT2D eigenvalue weighted by atomic mass is 15.2. The zero-order chi connectivity index (χ0) is 22.0. The number of benzene rings is 2. The highest BCUT2D eigenvalue weighted by Gasteiger charge is 2.19. The molecule has 4 rings (SSSR count). The summed E-state index contributed by atoms with van der Waals surface area (Å²) in [6.07, 6.45) is 1.99. The van der Waals surface area contributed by atoms with Crippen LogP contribution in [0.25, 0.3) is 16.9 Å². The van der Waals surface area contributed by atoms with Crippen molar-refractivity contribution in [2.24, 2.45) is 0 Å². The van der Waals surface area contributed by atoms with Gasteiger partial charge in [-0.25, -0.2) is 4.98 Å². The predicted molar refractivity (Wildman–Crippen MR) is 130 cm³/mol. The maximum absolute atomic E-state index is 6.15. The third-order valence-corrected chi connectivity index (χ3v) is 5.90. The topological polar surface area (TPSA) is 46.6 Å². The lowest BCUT2D eigenvalue weighted by Crippen LogP contribution is -2.30. The lowest BCUT2D eigenvalue weighted by atomic mass is 10.0. The molecule has 2 aromatic heterocycles. The Morgan fingerprint density at radius 2 is 1.58 bits per heavy atom. The highest BCUT2D eigenvalue weighted by Crippen LogP contribution is 2.29. The number of nitrogens with zero attached hydrogens (tertiary/aromatic N) is 3. The van der Waals surface area contributed by atoms with Crippen molar-refractivity contribution < 1.29 is 0 Å². The number of hydrogen-bond acceptors (Lipinski definition) is 3. The van der Waals surface area contributed by atoms with Crippen LogP contribution in [0.5, 0.6) is 0 Å². The molecule has 0 atom stereocenters. The molecule has 4 nitrogen and oxygen atoms in total. The molecular weight excluding hydrogens is 380 g/mol. The van der Waals surface area contributed by atoms with Crippen molar-refractivity contribution in [3.63, 3.8) is 0 Å². The first-order valence-corrected chi connectivity index (χ1v) is 11.1. The number of pyridine rings is 1. The Kier molecular flexibility index (Phi) is 6.10. The van der Waals surface area contributed by atoms with Crippen molar-refractivity contribution in [2.45, 2.75) is 52.7 Å². The van der Waals surface area contributed by atoms with Crippen LogP contribution in [0.2, 0.25) is 0 Å². The zero-order valence-electron chi connectivity index (χ0n) is 18.9. The first-order chi connectivity index (χ1) is 14.9. The molecule has 4 heteroatoms. The van der Waals surface area contributed by atoms with E-state index in [1.807, 2.05) is 18.3 Å². The van der Waals surface area contributed by atoms with E-state index in [0.717, 1.165) is 35.7 Å². The molecule has 0 fully saturated rings. The Hall–Kier alpha value is -3.11. The summed E-state index contributed by atoms with van der Waals surface area (Å²) in [4.78, 5) is 7.48. The van der Waals surface area contributed by atoms with Crippen LogP contribution >= 0.6 is 0 Å². The van der Waals surface area contributed by atoms with Crippen LogP contribution in [-0.2, 0) is 13.1 Å². The van der Waals surface area contributed by atoms with Crippen molar-refractivity contribution in [2.75, 3.05) is 5.73 Å². The maximum Gasteiger partial charge on any atom is 0.137 e. The summed E-state index contributed by atoms with van der Waals surface area (Å²) in [7, 11) is 0. The van der Waals surface area contributed by atoms with E-state index in [0.29, 0.717) is 12.0 Å². The number of hydrogen-bond donors (Lipinski definition) is 1. The predicted octanol–water partition coefficient (Wildman–Crippen LogP) is 6.12. The first-order valence-electron chi connectivity index (χ1n) is 11.1. The van der Waals surface area contributed by atoms with Crippen LogP contribution in [-0.4, -0.2) is 20.3 Å². The Balaban J connectivity index is 1.77.